The molecule has 1 fully saturated rings. The highest BCUT2D eigenvalue weighted by molar-refractivity contribution is 6.76. The molecule has 1 saturated heterocycles. The Morgan fingerprint density at radius 1 is 1.12 bits per heavy atom. The van der Waals surface area contributed by atoms with Gasteiger partial charge in [0.15, 0.2) is 0 Å². The number of fused-ring (bicyclic) bond motifs is 2. The summed E-state index contributed by atoms with van der Waals surface area (Å²) in [4.78, 5) is 17.5. The number of para-hydroxylation sites is 1. The van der Waals surface area contributed by atoms with E-state index in [9.17, 15) is 4.79 Å². The third kappa shape index (κ3) is 6.48. The number of nitrogens with zero attached hydrogens (tertiary/aromatic N) is 4. The van der Waals surface area contributed by atoms with Crippen LogP contribution in [-0.2, 0) is 24.4 Å². The Morgan fingerprint density at radius 3 is 2.69 bits per heavy atom. The maximum absolute atomic E-state index is 12.9. The molecule has 4 heterocycles. The van der Waals surface area contributed by atoms with E-state index in [2.05, 4.69) is 67.2 Å². The predicted molar refractivity (Wildman–Crippen MR) is 169 cm³/mol. The second-order valence-electron chi connectivity index (χ2n) is 13.1. The fourth-order valence-electron chi connectivity index (χ4n) is 6.30. The van der Waals surface area contributed by atoms with E-state index in [0.29, 0.717) is 13.3 Å². The minimum absolute atomic E-state index is 0.0144. The number of rotatable bonds is 10. The molecule has 6 rings (SSSR count). The highest BCUT2D eigenvalue weighted by Crippen LogP contribution is 2.33. The molecule has 2 amide bonds. The lowest BCUT2D eigenvalue weighted by atomic mass is 9.95. The molecule has 0 radical (unpaired) electrons. The van der Waals surface area contributed by atoms with Crippen LogP contribution in [0.2, 0.25) is 25.7 Å². The molecule has 0 bridgehead atoms. The topological polar surface area (TPSA) is 75.8 Å². The Hall–Kier alpha value is -3.40. The molecule has 2 aliphatic rings. The minimum atomic E-state index is -1.11. The van der Waals surface area contributed by atoms with Crippen molar-refractivity contribution < 1.29 is 13.9 Å². The number of aromatic nitrogens is 2. The maximum atomic E-state index is 12.9. The number of hydrogen-bond donors (Lipinski definition) is 1. The zero-order chi connectivity index (χ0) is 29.3. The van der Waals surface area contributed by atoms with Gasteiger partial charge in [0.25, 0.3) is 0 Å². The second-order valence-corrected chi connectivity index (χ2v) is 18.7. The SMILES string of the molecule is Cc1cc(CC(c2ccco2)N2CCC(N3Cc4ccccc4NC3=O)CC2)cc2cn(COCC[Si](C)(C)C)nc12. The zero-order valence-corrected chi connectivity index (χ0v) is 26.3. The van der Waals surface area contributed by atoms with Crippen LogP contribution in [0, 0.1) is 6.92 Å². The van der Waals surface area contributed by atoms with Crippen LogP contribution in [0.1, 0.15) is 41.3 Å². The molecule has 2 aliphatic heterocycles. The van der Waals surface area contributed by atoms with Crippen molar-refractivity contribution in [3.05, 3.63) is 83.4 Å². The first kappa shape index (κ1) is 28.7. The number of ether oxygens (including phenoxy) is 1. The number of carbonyl (C=O) groups is 1. The first-order valence-corrected chi connectivity index (χ1v) is 18.9. The number of urea groups is 1. The summed E-state index contributed by atoms with van der Waals surface area (Å²) >= 11 is 0. The van der Waals surface area contributed by atoms with Gasteiger partial charge in [0.05, 0.1) is 17.8 Å². The summed E-state index contributed by atoms with van der Waals surface area (Å²) in [5.41, 5.74) is 5.59. The number of hydrogen-bond acceptors (Lipinski definition) is 5. The standard InChI is InChI=1S/C33H43N5O3Si/c1-24-18-25(19-27-21-37(35-32(24)27)23-40-16-17-42(2,3)4)20-30(31-10-7-15-41-31)36-13-11-28(12-14-36)38-22-26-8-5-6-9-29(26)34-33(38)39/h5-10,15,18-19,21,28,30H,11-14,16-17,20,22-23H2,1-4H3,(H,34,39). The largest absolute Gasteiger partial charge is 0.468 e. The highest BCUT2D eigenvalue weighted by Gasteiger charge is 2.34. The third-order valence-corrected chi connectivity index (χ3v) is 10.4. The summed E-state index contributed by atoms with van der Waals surface area (Å²) in [6, 6.07) is 18.2. The average Bonchev–Trinajstić information content (AvgIpc) is 3.64. The molecule has 2 aromatic heterocycles. The fraction of sp³-hybridized carbons (Fsp3) is 0.455. The lowest BCUT2D eigenvalue weighted by molar-refractivity contribution is 0.0791. The summed E-state index contributed by atoms with van der Waals surface area (Å²) in [6.07, 6.45) is 6.61. The van der Waals surface area contributed by atoms with Crippen LogP contribution in [0.4, 0.5) is 10.5 Å². The smallest absolute Gasteiger partial charge is 0.322 e. The van der Waals surface area contributed by atoms with Crippen molar-refractivity contribution in [2.75, 3.05) is 25.0 Å². The Labute approximate surface area is 249 Å². The zero-order valence-electron chi connectivity index (χ0n) is 25.3. The van der Waals surface area contributed by atoms with E-state index in [-0.39, 0.29) is 18.1 Å². The van der Waals surface area contributed by atoms with Crippen LogP contribution in [0.15, 0.2) is 65.4 Å². The van der Waals surface area contributed by atoms with Gasteiger partial charge in [-0.25, -0.2) is 9.48 Å². The molecule has 2 aromatic carbocycles. The summed E-state index contributed by atoms with van der Waals surface area (Å²) in [7, 11) is -1.11. The number of nitrogens with one attached hydrogen (secondary N) is 1. The van der Waals surface area contributed by atoms with Gasteiger partial charge in [-0.15, -0.1) is 0 Å². The van der Waals surface area contributed by atoms with E-state index in [0.717, 1.165) is 67.4 Å². The number of amides is 2. The van der Waals surface area contributed by atoms with Crippen LogP contribution in [0.25, 0.3) is 10.9 Å². The molecule has 9 heteroatoms. The molecule has 222 valence electrons. The molecule has 1 unspecified atom stereocenters. The summed E-state index contributed by atoms with van der Waals surface area (Å²) < 4.78 is 13.9. The Balaban J connectivity index is 1.13. The summed E-state index contributed by atoms with van der Waals surface area (Å²) in [5.74, 6) is 0.988. The maximum Gasteiger partial charge on any atom is 0.322 e. The second kappa shape index (κ2) is 12.1. The minimum Gasteiger partial charge on any atom is -0.468 e. The molecule has 0 saturated carbocycles. The van der Waals surface area contributed by atoms with Crippen molar-refractivity contribution in [2.45, 2.75) is 77.2 Å². The van der Waals surface area contributed by atoms with Crippen molar-refractivity contribution in [3.63, 3.8) is 0 Å². The lowest BCUT2D eigenvalue weighted by Gasteiger charge is -2.42. The van der Waals surface area contributed by atoms with Gasteiger partial charge in [0.2, 0.25) is 0 Å². The van der Waals surface area contributed by atoms with E-state index in [4.69, 9.17) is 14.3 Å². The monoisotopic (exact) mass is 585 g/mol. The van der Waals surface area contributed by atoms with Gasteiger partial charge in [0.1, 0.15) is 12.5 Å². The van der Waals surface area contributed by atoms with Gasteiger partial charge in [-0.05, 0) is 73.2 Å². The van der Waals surface area contributed by atoms with Crippen molar-refractivity contribution in [1.82, 2.24) is 19.6 Å². The lowest BCUT2D eigenvalue weighted by Crippen LogP contribution is -2.50. The fourth-order valence-corrected chi connectivity index (χ4v) is 7.05. The third-order valence-electron chi connectivity index (χ3n) is 8.67. The predicted octanol–water partition coefficient (Wildman–Crippen LogP) is 7.05. The van der Waals surface area contributed by atoms with Crippen LogP contribution in [0.3, 0.4) is 0 Å². The normalized spacial score (nSPS) is 17.4. The number of benzene rings is 2. The van der Waals surface area contributed by atoms with Crippen molar-refractivity contribution in [1.29, 1.82) is 0 Å². The van der Waals surface area contributed by atoms with Crippen LogP contribution >= 0.6 is 0 Å². The number of aryl methyl sites for hydroxylation is 1. The van der Waals surface area contributed by atoms with E-state index in [1.165, 1.54) is 16.7 Å². The summed E-state index contributed by atoms with van der Waals surface area (Å²) in [6.45, 7) is 13.0. The van der Waals surface area contributed by atoms with Crippen molar-refractivity contribution in [2.24, 2.45) is 0 Å². The van der Waals surface area contributed by atoms with Crippen LogP contribution in [-0.4, -0.2) is 59.4 Å². The quantitative estimate of drug-likeness (QED) is 0.160. The molecule has 0 aliphatic carbocycles. The highest BCUT2D eigenvalue weighted by atomic mass is 28.3. The van der Waals surface area contributed by atoms with E-state index in [1.54, 1.807) is 6.26 Å². The Bertz CT molecular complexity index is 1520. The van der Waals surface area contributed by atoms with Crippen molar-refractivity contribution in [3.8, 4) is 0 Å². The van der Waals surface area contributed by atoms with Gasteiger partial charge in [0, 0.05) is 57.6 Å². The average molecular weight is 586 g/mol. The van der Waals surface area contributed by atoms with Gasteiger partial charge in [-0.1, -0.05) is 43.9 Å². The first-order valence-electron chi connectivity index (χ1n) is 15.2. The van der Waals surface area contributed by atoms with Crippen molar-refractivity contribution >= 4 is 30.7 Å². The van der Waals surface area contributed by atoms with Crippen LogP contribution in [0.5, 0.6) is 0 Å². The first-order chi connectivity index (χ1) is 20.2. The number of likely N-dealkylation sites (tertiary alicyclic amines) is 1. The number of anilines is 1. The number of carbonyl (C=O) groups excluding carboxylic acids is 1. The Kier molecular flexibility index (Phi) is 8.25. The molecule has 4 aromatic rings. The summed E-state index contributed by atoms with van der Waals surface area (Å²) in [5, 5.41) is 9.04. The van der Waals surface area contributed by atoms with Gasteiger partial charge in [-0.3, -0.25) is 4.90 Å². The van der Waals surface area contributed by atoms with Gasteiger partial charge >= 0.3 is 6.03 Å². The van der Waals surface area contributed by atoms with Crippen LogP contribution < -0.4 is 5.32 Å². The molecular weight excluding hydrogens is 542 g/mol. The van der Waals surface area contributed by atoms with E-state index < -0.39 is 8.07 Å². The molecule has 42 heavy (non-hydrogen) atoms. The van der Waals surface area contributed by atoms with Gasteiger partial charge < -0.3 is 19.4 Å². The van der Waals surface area contributed by atoms with E-state index >= 15 is 0 Å². The molecule has 1 atom stereocenters. The van der Waals surface area contributed by atoms with E-state index in [1.807, 2.05) is 33.8 Å². The molecule has 0 spiro atoms. The molecule has 1 N–H and O–H groups in total. The number of piperidine rings is 1. The van der Waals surface area contributed by atoms with Gasteiger partial charge in [-0.2, -0.15) is 5.10 Å². The number of furan rings is 1. The Morgan fingerprint density at radius 2 is 1.93 bits per heavy atom. The molecular formula is C33H43N5O3Si. The molecule has 8 nitrogen and oxygen atoms in total.